The number of methoxy groups -OCH3 is 2. The molecular formula is C20H24O13S2. The maximum absolute atomic E-state index is 13.3. The van der Waals surface area contributed by atoms with Gasteiger partial charge in [0.1, 0.15) is 31.3 Å². The van der Waals surface area contributed by atoms with Crippen molar-refractivity contribution in [2.45, 2.75) is 5.79 Å². The van der Waals surface area contributed by atoms with Gasteiger partial charge in [0.25, 0.3) is 5.79 Å². The Labute approximate surface area is 206 Å². The molecule has 0 saturated heterocycles. The first-order valence-corrected chi connectivity index (χ1v) is 11.8. The second-order valence-corrected chi connectivity index (χ2v) is 7.98. The molecule has 0 amide bonds. The standard InChI is InChI=1S/C20H24O13S2/c1-26-20(27-2,16-5-9-18(10-6-16)29-12-14-31-35(23,24)25)19(21)15-3-7-17(8-4-15)28-11-13-30-34-33-32-22/h3-10,22H,11-14H2,1-2H3,(H,23,24,25). The summed E-state index contributed by atoms with van der Waals surface area (Å²) in [6, 6.07) is 12.5. The van der Waals surface area contributed by atoms with Crippen LogP contribution in [0.3, 0.4) is 0 Å². The number of carbonyl (C=O) groups excluding carboxylic acids is 1. The Morgan fingerprint density at radius 1 is 0.886 bits per heavy atom. The van der Waals surface area contributed by atoms with Crippen LogP contribution in [0.4, 0.5) is 0 Å². The SMILES string of the molecule is COC(OC)(C(=O)c1ccc(OCCOSOOO)cc1)c1ccc(OCCOS(=O)(=O)O)cc1. The van der Waals surface area contributed by atoms with Crippen LogP contribution >= 0.6 is 12.3 Å². The van der Waals surface area contributed by atoms with Crippen molar-refractivity contribution in [2.75, 3.05) is 40.6 Å². The Morgan fingerprint density at radius 2 is 1.43 bits per heavy atom. The lowest BCUT2D eigenvalue weighted by atomic mass is 9.95. The fraction of sp³-hybridized carbons (Fsp3) is 0.350. The number of hydrogen-bond acceptors (Lipinski definition) is 13. The third kappa shape index (κ3) is 9.01. The van der Waals surface area contributed by atoms with Crippen molar-refractivity contribution >= 4 is 28.5 Å². The van der Waals surface area contributed by atoms with Crippen molar-refractivity contribution in [3.63, 3.8) is 0 Å². The predicted octanol–water partition coefficient (Wildman–Crippen LogP) is 2.59. The molecule has 0 radical (unpaired) electrons. The molecule has 0 aliphatic rings. The van der Waals surface area contributed by atoms with Crippen LogP contribution in [-0.2, 0) is 43.4 Å². The second kappa shape index (κ2) is 14.3. The quantitative estimate of drug-likeness (QED) is 0.0576. The van der Waals surface area contributed by atoms with Crippen LogP contribution in [-0.4, -0.2) is 64.7 Å². The van der Waals surface area contributed by atoms with Crippen LogP contribution in [0.15, 0.2) is 48.5 Å². The Bertz CT molecular complexity index is 1010. The maximum Gasteiger partial charge on any atom is 0.397 e. The lowest BCUT2D eigenvalue weighted by Gasteiger charge is -2.30. The van der Waals surface area contributed by atoms with E-state index in [2.05, 4.69) is 13.6 Å². The number of Topliss-reactive ketones (excluding diaryl/α,β-unsaturated/α-hetero) is 1. The monoisotopic (exact) mass is 536 g/mol. The summed E-state index contributed by atoms with van der Waals surface area (Å²) < 4.78 is 64.5. The zero-order valence-corrected chi connectivity index (χ0v) is 20.3. The third-order valence-corrected chi connectivity index (χ3v) is 5.19. The van der Waals surface area contributed by atoms with E-state index in [4.69, 9.17) is 32.9 Å². The highest BCUT2D eigenvalue weighted by atomic mass is 32.3. The average Bonchev–Trinajstić information content (AvgIpc) is 2.85. The number of benzene rings is 2. The number of rotatable bonds is 17. The van der Waals surface area contributed by atoms with Crippen molar-refractivity contribution < 1.29 is 59.7 Å². The largest absolute Gasteiger partial charge is 0.491 e. The summed E-state index contributed by atoms with van der Waals surface area (Å²) in [6.07, 6.45) is 0. The summed E-state index contributed by atoms with van der Waals surface area (Å²) >= 11 is 0.438. The Morgan fingerprint density at radius 3 is 1.94 bits per heavy atom. The summed E-state index contributed by atoms with van der Waals surface area (Å²) in [5.74, 6) is -1.37. The average molecular weight is 537 g/mol. The van der Waals surface area contributed by atoms with Gasteiger partial charge < -0.3 is 18.9 Å². The second-order valence-electron chi connectivity index (χ2n) is 6.38. The molecule has 0 heterocycles. The predicted molar refractivity (Wildman–Crippen MR) is 120 cm³/mol. The molecule has 35 heavy (non-hydrogen) atoms. The number of carbonyl (C=O) groups is 1. The van der Waals surface area contributed by atoms with E-state index in [0.717, 1.165) is 0 Å². The van der Waals surface area contributed by atoms with Gasteiger partial charge in [0.2, 0.25) is 5.78 Å². The van der Waals surface area contributed by atoms with Crippen LogP contribution in [0.25, 0.3) is 0 Å². The van der Waals surface area contributed by atoms with Gasteiger partial charge in [0, 0.05) is 25.3 Å². The van der Waals surface area contributed by atoms with Gasteiger partial charge in [-0.2, -0.15) is 8.42 Å². The molecule has 2 aromatic carbocycles. The van der Waals surface area contributed by atoms with Crippen molar-refractivity contribution in [1.29, 1.82) is 0 Å². The first-order chi connectivity index (χ1) is 16.8. The van der Waals surface area contributed by atoms with Crippen molar-refractivity contribution in [3.05, 3.63) is 59.7 Å². The highest BCUT2D eigenvalue weighted by molar-refractivity contribution is 7.89. The molecule has 2 rings (SSSR count). The van der Waals surface area contributed by atoms with Gasteiger partial charge in [-0.15, -0.1) is 4.33 Å². The molecule has 0 spiro atoms. The molecule has 2 N–H and O–H groups in total. The van der Waals surface area contributed by atoms with Crippen LogP contribution in [0, 0.1) is 0 Å². The van der Waals surface area contributed by atoms with Gasteiger partial charge >= 0.3 is 10.4 Å². The lowest BCUT2D eigenvalue weighted by Crippen LogP contribution is -2.40. The number of ether oxygens (including phenoxy) is 4. The highest BCUT2D eigenvalue weighted by Gasteiger charge is 2.41. The van der Waals surface area contributed by atoms with Crippen molar-refractivity contribution in [1.82, 2.24) is 0 Å². The van der Waals surface area contributed by atoms with Gasteiger partial charge in [-0.3, -0.25) is 13.5 Å². The van der Waals surface area contributed by atoms with Crippen LogP contribution < -0.4 is 9.47 Å². The molecule has 0 saturated carbocycles. The van der Waals surface area contributed by atoms with Crippen molar-refractivity contribution in [2.24, 2.45) is 0 Å². The normalized spacial score (nSPS) is 11.9. The molecule has 194 valence electrons. The highest BCUT2D eigenvalue weighted by Crippen LogP contribution is 2.32. The van der Waals surface area contributed by atoms with E-state index in [-0.39, 0.29) is 26.4 Å². The molecule has 13 nitrogen and oxygen atoms in total. The zero-order valence-electron chi connectivity index (χ0n) is 18.6. The van der Waals surface area contributed by atoms with E-state index in [0.29, 0.717) is 34.9 Å². The van der Waals surface area contributed by atoms with E-state index in [1.807, 2.05) is 0 Å². The Balaban J connectivity index is 2.02. The summed E-state index contributed by atoms with van der Waals surface area (Å²) in [5.41, 5.74) is 0.683. The fourth-order valence-electron chi connectivity index (χ4n) is 2.86. The van der Waals surface area contributed by atoms with Gasteiger partial charge in [0.05, 0.1) is 6.61 Å². The maximum atomic E-state index is 13.3. The Kier molecular flexibility index (Phi) is 11.8. The first kappa shape index (κ1) is 28.9. The third-order valence-electron chi connectivity index (χ3n) is 4.35. The molecule has 0 unspecified atom stereocenters. The number of hydrogen-bond donors (Lipinski definition) is 2. The smallest absolute Gasteiger partial charge is 0.397 e. The first-order valence-electron chi connectivity index (χ1n) is 9.75. The minimum absolute atomic E-state index is 0.137. The molecule has 15 heteroatoms. The van der Waals surface area contributed by atoms with Crippen LogP contribution in [0.1, 0.15) is 15.9 Å². The van der Waals surface area contributed by atoms with Gasteiger partial charge in [-0.1, -0.05) is 5.04 Å². The van der Waals surface area contributed by atoms with Crippen LogP contribution in [0.5, 0.6) is 11.5 Å². The molecule has 0 bridgehead atoms. The zero-order chi connectivity index (χ0) is 25.7. The molecular weight excluding hydrogens is 512 g/mol. The minimum Gasteiger partial charge on any atom is -0.491 e. The molecule has 0 atom stereocenters. The molecule has 2 aromatic rings. The van der Waals surface area contributed by atoms with Gasteiger partial charge in [0.15, 0.2) is 12.3 Å². The van der Waals surface area contributed by atoms with E-state index in [1.165, 1.54) is 26.4 Å². The fourth-order valence-corrected chi connectivity index (χ4v) is 3.34. The van der Waals surface area contributed by atoms with E-state index in [9.17, 15) is 13.2 Å². The molecule has 0 aromatic heterocycles. The van der Waals surface area contributed by atoms with Crippen molar-refractivity contribution in [3.8, 4) is 11.5 Å². The topological polar surface area (TPSA) is 166 Å². The van der Waals surface area contributed by atoms with Gasteiger partial charge in [-0.25, -0.2) is 9.44 Å². The van der Waals surface area contributed by atoms with Gasteiger partial charge in [-0.05, 0) is 48.5 Å². The van der Waals surface area contributed by atoms with E-state index in [1.54, 1.807) is 36.4 Å². The molecule has 0 fully saturated rings. The Hall–Kier alpha value is -2.31. The minimum atomic E-state index is -4.54. The summed E-state index contributed by atoms with van der Waals surface area (Å²) in [4.78, 5) is 13.3. The molecule has 0 aliphatic carbocycles. The lowest BCUT2D eigenvalue weighted by molar-refractivity contribution is -0.434. The summed E-state index contributed by atoms with van der Waals surface area (Å²) in [7, 11) is -1.87. The summed E-state index contributed by atoms with van der Waals surface area (Å²) in [6.45, 7) is -0.204. The molecule has 0 aliphatic heterocycles. The van der Waals surface area contributed by atoms with E-state index >= 15 is 0 Å². The summed E-state index contributed by atoms with van der Waals surface area (Å²) in [5, 5.41) is 11.3. The van der Waals surface area contributed by atoms with E-state index < -0.39 is 22.0 Å². The van der Waals surface area contributed by atoms with Crippen LogP contribution in [0.2, 0.25) is 0 Å². The number of ketones is 1.